The van der Waals surface area contributed by atoms with E-state index in [0.29, 0.717) is 26.9 Å². The van der Waals surface area contributed by atoms with Crippen molar-refractivity contribution < 1.29 is 9.53 Å². The molecule has 0 bridgehead atoms. The molecule has 29 heavy (non-hydrogen) atoms. The van der Waals surface area contributed by atoms with Gasteiger partial charge in [-0.25, -0.2) is 19.7 Å². The van der Waals surface area contributed by atoms with Crippen LogP contribution in [0.25, 0.3) is 22.3 Å². The molecule has 2 aromatic heterocycles. The third-order valence-corrected chi connectivity index (χ3v) is 5.44. The second-order valence-electron chi connectivity index (χ2n) is 6.17. The summed E-state index contributed by atoms with van der Waals surface area (Å²) in [6, 6.07) is 21.2. The van der Waals surface area contributed by atoms with Crippen molar-refractivity contribution in [2.75, 3.05) is 7.11 Å². The van der Waals surface area contributed by atoms with Gasteiger partial charge in [0, 0.05) is 11.3 Å². The van der Waals surface area contributed by atoms with E-state index in [1.165, 1.54) is 30.5 Å². The van der Waals surface area contributed by atoms with Crippen molar-refractivity contribution in [1.29, 1.82) is 0 Å². The van der Waals surface area contributed by atoms with E-state index in [1.54, 1.807) is 0 Å². The highest BCUT2D eigenvalue weighted by Crippen LogP contribution is 2.32. The molecule has 5 nitrogen and oxygen atoms in total. The molecule has 0 unspecified atom stereocenters. The lowest BCUT2D eigenvalue weighted by molar-refractivity contribution is 0.0594. The third kappa shape index (κ3) is 4.23. The summed E-state index contributed by atoms with van der Waals surface area (Å²) in [6.45, 7) is 0. The van der Waals surface area contributed by atoms with Crippen molar-refractivity contribution in [3.63, 3.8) is 0 Å². The lowest BCUT2D eigenvalue weighted by Crippen LogP contribution is -2.06. The second-order valence-corrected chi connectivity index (χ2v) is 7.52. The number of halogens is 1. The molecule has 0 spiro atoms. The third-order valence-electron chi connectivity index (χ3n) is 4.24. The zero-order valence-corrected chi connectivity index (χ0v) is 17.1. The van der Waals surface area contributed by atoms with Gasteiger partial charge in [-0.1, -0.05) is 84.0 Å². The Hall–Kier alpha value is -2.96. The number of nitrogens with zero attached hydrogens (tertiary/aromatic N) is 3. The fraction of sp³-hybridized carbons (Fsp3) is 0.0909. The minimum Gasteiger partial charge on any atom is -0.464 e. The molecule has 0 aliphatic carbocycles. The largest absolute Gasteiger partial charge is 0.464 e. The number of benzene rings is 2. The van der Waals surface area contributed by atoms with Crippen LogP contribution in [-0.4, -0.2) is 28.0 Å². The maximum Gasteiger partial charge on any atom is 0.356 e. The van der Waals surface area contributed by atoms with E-state index in [4.69, 9.17) is 21.3 Å². The van der Waals surface area contributed by atoms with Gasteiger partial charge in [-0.05, 0) is 11.6 Å². The number of rotatable bonds is 5. The van der Waals surface area contributed by atoms with Gasteiger partial charge in [0.15, 0.2) is 10.9 Å². The molecule has 0 amide bonds. The highest BCUT2D eigenvalue weighted by molar-refractivity contribution is 7.98. The molecule has 0 radical (unpaired) electrons. The number of ether oxygens (including phenoxy) is 1. The molecule has 2 heterocycles. The lowest BCUT2D eigenvalue weighted by Gasteiger charge is -2.10. The average molecular weight is 422 g/mol. The van der Waals surface area contributed by atoms with Gasteiger partial charge in [0.25, 0.3) is 0 Å². The monoisotopic (exact) mass is 421 g/mol. The Kier molecular flexibility index (Phi) is 5.74. The summed E-state index contributed by atoms with van der Waals surface area (Å²) < 4.78 is 4.79. The van der Waals surface area contributed by atoms with E-state index >= 15 is 0 Å². The van der Waals surface area contributed by atoms with Crippen LogP contribution >= 0.6 is 23.4 Å². The predicted molar refractivity (Wildman–Crippen MR) is 115 cm³/mol. The normalized spacial score (nSPS) is 10.8. The fourth-order valence-corrected chi connectivity index (χ4v) is 3.88. The quantitative estimate of drug-likeness (QED) is 0.243. The van der Waals surface area contributed by atoms with Crippen molar-refractivity contribution in [3.8, 4) is 11.3 Å². The summed E-state index contributed by atoms with van der Waals surface area (Å²) >= 11 is 7.99. The Bertz CT molecular complexity index is 1170. The highest BCUT2D eigenvalue weighted by atomic mass is 35.5. The van der Waals surface area contributed by atoms with Gasteiger partial charge in [0.05, 0.1) is 12.1 Å². The zero-order valence-electron chi connectivity index (χ0n) is 15.5. The van der Waals surface area contributed by atoms with Crippen LogP contribution in [0.5, 0.6) is 0 Å². The number of thioether (sulfide) groups is 1. The van der Waals surface area contributed by atoms with E-state index in [2.05, 4.69) is 22.1 Å². The first-order valence-electron chi connectivity index (χ1n) is 8.84. The van der Waals surface area contributed by atoms with Gasteiger partial charge in [-0.15, -0.1) is 0 Å². The number of carbonyl (C=O) groups is 1. The molecule has 0 aliphatic heterocycles. The highest BCUT2D eigenvalue weighted by Gasteiger charge is 2.18. The van der Waals surface area contributed by atoms with Crippen molar-refractivity contribution in [2.45, 2.75) is 10.9 Å². The lowest BCUT2D eigenvalue weighted by atomic mass is 10.1. The van der Waals surface area contributed by atoms with Gasteiger partial charge < -0.3 is 4.74 Å². The van der Waals surface area contributed by atoms with Crippen molar-refractivity contribution in [2.24, 2.45) is 0 Å². The van der Waals surface area contributed by atoms with Crippen LogP contribution in [0, 0.1) is 0 Å². The maximum atomic E-state index is 12.0. The van der Waals surface area contributed by atoms with E-state index in [0.717, 1.165) is 11.3 Å². The summed E-state index contributed by atoms with van der Waals surface area (Å²) in [6.07, 6.45) is 0. The van der Waals surface area contributed by atoms with Crippen LogP contribution in [0.15, 0.2) is 71.9 Å². The van der Waals surface area contributed by atoms with Crippen LogP contribution in [0.3, 0.4) is 0 Å². The average Bonchev–Trinajstić information content (AvgIpc) is 2.78. The van der Waals surface area contributed by atoms with E-state index in [-0.39, 0.29) is 5.69 Å². The molecule has 0 fully saturated rings. The minimum absolute atomic E-state index is 0.121. The Balaban J connectivity index is 1.84. The molecule has 0 saturated carbocycles. The summed E-state index contributed by atoms with van der Waals surface area (Å²) in [4.78, 5) is 25.8. The minimum atomic E-state index is -0.560. The maximum absolute atomic E-state index is 12.0. The van der Waals surface area contributed by atoms with Gasteiger partial charge in [-0.2, -0.15) is 0 Å². The molecule has 0 atom stereocenters. The van der Waals surface area contributed by atoms with Crippen molar-refractivity contribution in [3.05, 3.63) is 83.0 Å². The van der Waals surface area contributed by atoms with Crippen LogP contribution in [-0.2, 0) is 10.5 Å². The molecule has 4 rings (SSSR count). The van der Waals surface area contributed by atoms with Gasteiger partial charge in [-0.3, -0.25) is 0 Å². The van der Waals surface area contributed by atoms with E-state index in [1.807, 2.05) is 48.5 Å². The Morgan fingerprint density at radius 1 is 0.966 bits per heavy atom. The number of pyridine rings is 1. The number of hydrogen-bond acceptors (Lipinski definition) is 6. The zero-order chi connectivity index (χ0) is 20.2. The van der Waals surface area contributed by atoms with Crippen molar-refractivity contribution >= 4 is 40.4 Å². The predicted octanol–water partition coefficient (Wildman–Crippen LogP) is 5.42. The van der Waals surface area contributed by atoms with Crippen LogP contribution in [0.2, 0.25) is 5.02 Å². The number of hydrogen-bond donors (Lipinski definition) is 0. The number of fused-ring (bicyclic) bond motifs is 1. The van der Waals surface area contributed by atoms with E-state index in [9.17, 15) is 4.79 Å². The summed E-state index contributed by atoms with van der Waals surface area (Å²) in [7, 11) is 1.31. The first-order valence-corrected chi connectivity index (χ1v) is 10.2. The van der Waals surface area contributed by atoms with Crippen LogP contribution in [0.4, 0.5) is 0 Å². The van der Waals surface area contributed by atoms with Crippen LogP contribution in [0.1, 0.15) is 16.1 Å². The summed E-state index contributed by atoms with van der Waals surface area (Å²) in [5, 5.41) is 0.922. The summed E-state index contributed by atoms with van der Waals surface area (Å²) in [5.74, 6) is 0.168. The molecule has 7 heteroatoms. The Morgan fingerprint density at radius 2 is 1.66 bits per heavy atom. The number of esters is 1. The molecular weight excluding hydrogens is 406 g/mol. The molecule has 0 saturated heterocycles. The standard InChI is InChI=1S/C22H16ClN3O2S/c1-28-21(27)17-12-16(23)19-20(24-17)18(15-10-6-3-7-11-15)25-22(26-19)29-13-14-8-4-2-5-9-14/h2-12H,13H2,1H3. The smallest absolute Gasteiger partial charge is 0.356 e. The first-order chi connectivity index (χ1) is 14.2. The molecular formula is C22H16ClN3O2S. The number of carbonyl (C=O) groups excluding carboxylic acids is 1. The first kappa shape index (κ1) is 19.4. The van der Waals surface area contributed by atoms with Crippen molar-refractivity contribution in [1.82, 2.24) is 15.0 Å². The molecule has 0 aliphatic rings. The Morgan fingerprint density at radius 3 is 2.34 bits per heavy atom. The van der Waals surface area contributed by atoms with Gasteiger partial charge >= 0.3 is 5.97 Å². The number of aromatic nitrogens is 3. The van der Waals surface area contributed by atoms with Gasteiger partial charge in [0.2, 0.25) is 0 Å². The summed E-state index contributed by atoms with van der Waals surface area (Å²) in [5.41, 5.74) is 3.76. The molecule has 144 valence electrons. The SMILES string of the molecule is COC(=O)c1cc(Cl)c2nc(SCc3ccccc3)nc(-c3ccccc3)c2n1. The fourth-order valence-electron chi connectivity index (χ4n) is 2.84. The second kappa shape index (κ2) is 8.59. The van der Waals surface area contributed by atoms with Gasteiger partial charge in [0.1, 0.15) is 16.7 Å². The molecule has 0 N–H and O–H groups in total. The van der Waals surface area contributed by atoms with Crippen LogP contribution < -0.4 is 0 Å². The van der Waals surface area contributed by atoms with E-state index < -0.39 is 5.97 Å². The molecule has 4 aromatic rings. The molecule has 2 aromatic carbocycles. The number of methoxy groups -OCH3 is 1. The topological polar surface area (TPSA) is 65.0 Å². The Labute approximate surface area is 177 Å².